The molecule has 2 aromatic heterocycles. The predicted octanol–water partition coefficient (Wildman–Crippen LogP) is 4.71. The molecule has 1 unspecified atom stereocenters. The zero-order chi connectivity index (χ0) is 29.0. The molecule has 0 aliphatic heterocycles. The summed E-state index contributed by atoms with van der Waals surface area (Å²) in [7, 11) is -1.24. The maximum absolute atomic E-state index is 14.1. The van der Waals surface area contributed by atoms with Crippen molar-refractivity contribution in [3.8, 4) is 11.6 Å². The summed E-state index contributed by atoms with van der Waals surface area (Å²) in [6.07, 6.45) is 3.37. The number of esters is 1. The van der Waals surface area contributed by atoms with Gasteiger partial charge < -0.3 is 24.3 Å². The van der Waals surface area contributed by atoms with Gasteiger partial charge in [-0.05, 0) is 55.0 Å². The van der Waals surface area contributed by atoms with Gasteiger partial charge in [-0.3, -0.25) is 9.32 Å². The third-order valence-corrected chi connectivity index (χ3v) is 8.90. The first-order chi connectivity index (χ1) is 19.8. The number of nitrogens with zero attached hydrogens (tertiary/aromatic N) is 4. The second-order valence-corrected chi connectivity index (χ2v) is 12.2. The SMILES string of the molecule is COC(=O)[C@H](Cc1ccccc1)NP(=O)(OC[C@H]1C[C@@H](n2cnc3c(OC)nc(N)nc32)C1)Oc1ccc(Br)cc1. The van der Waals surface area contributed by atoms with Crippen molar-refractivity contribution in [3.05, 3.63) is 71.0 Å². The summed E-state index contributed by atoms with van der Waals surface area (Å²) in [5.41, 5.74) is 7.84. The Labute approximate surface area is 245 Å². The Bertz CT molecular complexity index is 1550. The molecular weight excluding hydrogens is 615 g/mol. The minimum Gasteiger partial charge on any atom is -0.479 e. The lowest BCUT2D eigenvalue weighted by molar-refractivity contribution is -0.142. The number of methoxy groups -OCH3 is 2. The van der Waals surface area contributed by atoms with Gasteiger partial charge in [-0.15, -0.1) is 0 Å². The van der Waals surface area contributed by atoms with Crippen LogP contribution in [0.2, 0.25) is 0 Å². The van der Waals surface area contributed by atoms with Crippen LogP contribution in [-0.2, 0) is 25.0 Å². The lowest BCUT2D eigenvalue weighted by Gasteiger charge is -2.36. The Hall–Kier alpha value is -3.51. The van der Waals surface area contributed by atoms with Crippen LogP contribution in [0, 0.1) is 5.92 Å². The van der Waals surface area contributed by atoms with E-state index in [0.717, 1.165) is 22.9 Å². The highest BCUT2D eigenvalue weighted by Crippen LogP contribution is 2.48. The van der Waals surface area contributed by atoms with E-state index in [0.29, 0.717) is 22.8 Å². The zero-order valence-corrected chi connectivity index (χ0v) is 25.0. The summed E-state index contributed by atoms with van der Waals surface area (Å²) < 4.78 is 39.0. The van der Waals surface area contributed by atoms with Crippen molar-refractivity contribution in [2.45, 2.75) is 31.3 Å². The number of aromatic nitrogens is 4. The number of nitrogens with one attached hydrogen (secondary N) is 1. The minimum atomic E-state index is -4.02. The molecule has 1 saturated carbocycles. The maximum Gasteiger partial charge on any atom is 0.459 e. The molecule has 1 fully saturated rings. The Morgan fingerprint density at radius 3 is 2.56 bits per heavy atom. The van der Waals surface area contributed by atoms with Crippen LogP contribution in [0.5, 0.6) is 11.6 Å². The molecule has 216 valence electrons. The third kappa shape index (κ3) is 6.87. The molecule has 0 radical (unpaired) electrons. The Morgan fingerprint density at radius 2 is 1.88 bits per heavy atom. The molecule has 5 rings (SSSR count). The molecule has 0 amide bonds. The number of rotatable bonds is 12. The molecule has 12 nitrogen and oxygen atoms in total. The highest BCUT2D eigenvalue weighted by Gasteiger charge is 2.38. The average Bonchev–Trinajstić information content (AvgIpc) is 3.36. The van der Waals surface area contributed by atoms with E-state index < -0.39 is 19.8 Å². The van der Waals surface area contributed by atoms with Crippen LogP contribution in [0.1, 0.15) is 24.4 Å². The standard InChI is InChI=1S/C27H30BrN6O6P/c1-37-25-23-24(31-27(29)32-25)34(16-30-23)20-12-18(13-20)15-39-41(36,40-21-10-8-19(28)9-11-21)33-22(26(35)38-2)14-17-6-4-3-5-7-17/h3-11,16,18,20,22H,12-15H2,1-2H3,(H,33,36)(H2,29,31,32)/t18-,20+,22-,41?/m0/s1. The number of fused-ring (bicyclic) bond motifs is 1. The van der Waals surface area contributed by atoms with Gasteiger partial charge in [-0.2, -0.15) is 15.1 Å². The number of ether oxygens (including phenoxy) is 2. The van der Waals surface area contributed by atoms with Crippen LogP contribution in [-0.4, -0.2) is 52.4 Å². The fourth-order valence-corrected chi connectivity index (χ4v) is 6.50. The van der Waals surface area contributed by atoms with Gasteiger partial charge in [-0.25, -0.2) is 9.55 Å². The smallest absolute Gasteiger partial charge is 0.459 e. The van der Waals surface area contributed by atoms with Crippen molar-refractivity contribution >= 4 is 46.8 Å². The van der Waals surface area contributed by atoms with Gasteiger partial charge in [0.1, 0.15) is 11.8 Å². The molecule has 41 heavy (non-hydrogen) atoms. The fraction of sp³-hybridized carbons (Fsp3) is 0.333. The van der Waals surface area contributed by atoms with E-state index in [1.54, 1.807) is 30.6 Å². The van der Waals surface area contributed by atoms with Crippen LogP contribution in [0.4, 0.5) is 5.95 Å². The molecule has 0 spiro atoms. The van der Waals surface area contributed by atoms with E-state index in [1.807, 2.05) is 34.9 Å². The second kappa shape index (κ2) is 12.6. The van der Waals surface area contributed by atoms with Gasteiger partial charge in [-0.1, -0.05) is 46.3 Å². The van der Waals surface area contributed by atoms with Gasteiger partial charge in [0.2, 0.25) is 11.8 Å². The number of imidazole rings is 1. The van der Waals surface area contributed by atoms with E-state index >= 15 is 0 Å². The number of carbonyl (C=O) groups is 1. The largest absolute Gasteiger partial charge is 0.479 e. The summed E-state index contributed by atoms with van der Waals surface area (Å²) in [6, 6.07) is 15.3. The van der Waals surface area contributed by atoms with Crippen molar-refractivity contribution in [3.63, 3.8) is 0 Å². The Balaban J connectivity index is 1.29. The number of benzene rings is 2. The van der Waals surface area contributed by atoms with E-state index in [4.69, 9.17) is 24.3 Å². The van der Waals surface area contributed by atoms with Crippen molar-refractivity contribution < 1.29 is 27.9 Å². The maximum atomic E-state index is 14.1. The van der Waals surface area contributed by atoms with E-state index in [1.165, 1.54) is 14.2 Å². The monoisotopic (exact) mass is 644 g/mol. The summed E-state index contributed by atoms with van der Waals surface area (Å²) >= 11 is 3.39. The predicted molar refractivity (Wildman–Crippen MR) is 155 cm³/mol. The summed E-state index contributed by atoms with van der Waals surface area (Å²) in [5, 5.41) is 2.84. The van der Waals surface area contributed by atoms with Crippen molar-refractivity contribution in [1.29, 1.82) is 0 Å². The van der Waals surface area contributed by atoms with Crippen LogP contribution < -0.4 is 20.1 Å². The van der Waals surface area contributed by atoms with Crippen molar-refractivity contribution in [2.24, 2.45) is 5.92 Å². The molecule has 0 saturated heterocycles. The highest BCUT2D eigenvalue weighted by molar-refractivity contribution is 9.10. The molecule has 14 heteroatoms. The van der Waals surface area contributed by atoms with E-state index in [-0.39, 0.29) is 30.9 Å². The Kier molecular flexibility index (Phi) is 8.88. The van der Waals surface area contributed by atoms with Gasteiger partial charge in [0.15, 0.2) is 11.2 Å². The summed E-state index contributed by atoms with van der Waals surface area (Å²) in [5.74, 6) is 0.244. The number of anilines is 1. The molecule has 2 atom stereocenters. The molecular formula is C27H30BrN6O6P. The quantitative estimate of drug-likeness (QED) is 0.163. The first-order valence-corrected chi connectivity index (χ1v) is 15.2. The topological polar surface area (TPSA) is 153 Å². The number of halogens is 1. The summed E-state index contributed by atoms with van der Waals surface area (Å²) in [4.78, 5) is 25.5. The van der Waals surface area contributed by atoms with E-state index in [2.05, 4.69) is 36.0 Å². The minimum absolute atomic E-state index is 0.0767. The molecule has 4 aromatic rings. The van der Waals surface area contributed by atoms with Gasteiger partial charge in [0, 0.05) is 10.5 Å². The molecule has 1 aliphatic carbocycles. The van der Waals surface area contributed by atoms with Crippen LogP contribution in [0.25, 0.3) is 11.2 Å². The molecule has 1 aliphatic rings. The molecule has 2 aromatic carbocycles. The average molecular weight is 645 g/mol. The van der Waals surface area contributed by atoms with Crippen molar-refractivity contribution in [1.82, 2.24) is 24.6 Å². The lowest BCUT2D eigenvalue weighted by atomic mass is 9.81. The molecule has 0 bridgehead atoms. The molecule has 2 heterocycles. The van der Waals surface area contributed by atoms with Gasteiger partial charge in [0.05, 0.1) is 27.2 Å². The number of hydrogen-bond donors (Lipinski definition) is 2. The zero-order valence-electron chi connectivity index (χ0n) is 22.5. The number of carbonyl (C=O) groups excluding carboxylic acids is 1. The lowest BCUT2D eigenvalue weighted by Crippen LogP contribution is -2.39. The number of nitrogens with two attached hydrogens (primary N) is 1. The first kappa shape index (κ1) is 29.0. The number of hydrogen-bond acceptors (Lipinski definition) is 10. The third-order valence-electron chi connectivity index (χ3n) is 6.81. The summed E-state index contributed by atoms with van der Waals surface area (Å²) in [6.45, 7) is 0.142. The van der Waals surface area contributed by atoms with Crippen LogP contribution >= 0.6 is 23.7 Å². The normalized spacial score (nSPS) is 18.7. The van der Waals surface area contributed by atoms with E-state index in [9.17, 15) is 9.36 Å². The highest BCUT2D eigenvalue weighted by atomic mass is 79.9. The van der Waals surface area contributed by atoms with Gasteiger partial charge in [0.25, 0.3) is 0 Å². The van der Waals surface area contributed by atoms with Crippen LogP contribution in [0.3, 0.4) is 0 Å². The Morgan fingerprint density at radius 1 is 1.15 bits per heavy atom. The van der Waals surface area contributed by atoms with Crippen LogP contribution in [0.15, 0.2) is 65.4 Å². The van der Waals surface area contributed by atoms with Gasteiger partial charge >= 0.3 is 13.7 Å². The second-order valence-electron chi connectivity index (χ2n) is 9.64. The molecule has 3 N–H and O–H groups in total. The number of nitrogen functional groups attached to an aromatic ring is 1. The first-order valence-electron chi connectivity index (χ1n) is 12.9. The fourth-order valence-electron chi connectivity index (χ4n) is 4.67. The van der Waals surface area contributed by atoms with Crippen molar-refractivity contribution in [2.75, 3.05) is 26.6 Å².